The molecule has 0 aromatic heterocycles. The molecule has 0 fully saturated rings. The molecule has 0 N–H and O–H groups in total. The zero-order valence-electron chi connectivity index (χ0n) is 19.7. The number of benzene rings is 2. The highest BCUT2D eigenvalue weighted by molar-refractivity contribution is 6.01. The number of aryl methyl sites for hydroxylation is 1. The Hall–Kier alpha value is -3.53. The zero-order chi connectivity index (χ0) is 24.2. The second-order valence-electron chi connectivity index (χ2n) is 8.58. The van der Waals surface area contributed by atoms with Crippen molar-refractivity contribution in [1.82, 2.24) is 0 Å². The van der Waals surface area contributed by atoms with Crippen molar-refractivity contribution >= 4 is 11.8 Å². The predicted octanol–water partition coefficient (Wildman–Crippen LogP) is 4.75. The van der Waals surface area contributed by atoms with Gasteiger partial charge in [0.05, 0.1) is 19.6 Å². The molecule has 0 saturated carbocycles. The molecule has 1 unspecified atom stereocenters. The second kappa shape index (κ2) is 9.95. The van der Waals surface area contributed by atoms with Gasteiger partial charge in [0.1, 0.15) is 12.7 Å². The smallest absolute Gasteiger partial charge is 0.316 e. The second-order valence-corrected chi connectivity index (χ2v) is 8.58. The molecule has 174 valence electrons. The highest BCUT2D eigenvalue weighted by atomic mass is 16.6. The van der Waals surface area contributed by atoms with Crippen LogP contribution in [0.4, 0.5) is 0 Å². The number of ether oxygens (including phenoxy) is 4. The standard InChI is InChI=1S/C26H29NO6/c1-6-18(14-27)33-25(29)26(2,3)15-32-23-20(10-12-22(30-4)24(23)31-5)17-7-9-19-16(13-17)8-11-21(19)28/h7,9-10,12-13,18H,6,8,11,15H2,1-5H3. The van der Waals surface area contributed by atoms with E-state index in [0.29, 0.717) is 36.5 Å². The summed E-state index contributed by atoms with van der Waals surface area (Å²) in [6.45, 7) is 5.18. The molecule has 2 aromatic rings. The van der Waals surface area contributed by atoms with Crippen molar-refractivity contribution in [2.45, 2.75) is 46.1 Å². The van der Waals surface area contributed by atoms with Gasteiger partial charge in [-0.25, -0.2) is 0 Å². The first-order valence-corrected chi connectivity index (χ1v) is 10.9. The topological polar surface area (TPSA) is 94.8 Å². The van der Waals surface area contributed by atoms with E-state index in [2.05, 4.69) is 0 Å². The van der Waals surface area contributed by atoms with Crippen LogP contribution < -0.4 is 14.2 Å². The lowest BCUT2D eigenvalue weighted by Crippen LogP contribution is -2.35. The molecule has 2 aromatic carbocycles. The normalized spacial score (nSPS) is 13.6. The monoisotopic (exact) mass is 451 g/mol. The lowest BCUT2D eigenvalue weighted by Gasteiger charge is -2.26. The van der Waals surface area contributed by atoms with E-state index in [1.165, 1.54) is 14.2 Å². The number of fused-ring (bicyclic) bond motifs is 1. The summed E-state index contributed by atoms with van der Waals surface area (Å²) in [6.07, 6.45) is 0.842. The average molecular weight is 452 g/mol. The SMILES string of the molecule is CCC(C#N)OC(=O)C(C)(C)COc1c(-c2ccc3c(c2)CCC3=O)ccc(OC)c1OC. The van der Waals surface area contributed by atoms with Crippen molar-refractivity contribution < 1.29 is 28.5 Å². The van der Waals surface area contributed by atoms with Gasteiger partial charge in [-0.3, -0.25) is 9.59 Å². The van der Waals surface area contributed by atoms with E-state index in [1.54, 1.807) is 26.8 Å². The van der Waals surface area contributed by atoms with Crippen molar-refractivity contribution in [3.8, 4) is 34.4 Å². The lowest BCUT2D eigenvalue weighted by atomic mass is 9.94. The molecule has 0 spiro atoms. The molecule has 0 radical (unpaired) electrons. The molecule has 1 aliphatic carbocycles. The molecule has 0 aliphatic heterocycles. The summed E-state index contributed by atoms with van der Waals surface area (Å²) in [4.78, 5) is 24.7. The molecular formula is C26H29NO6. The van der Waals surface area contributed by atoms with Crippen LogP contribution in [0.1, 0.15) is 49.5 Å². The van der Waals surface area contributed by atoms with Crippen LogP contribution in [0.15, 0.2) is 30.3 Å². The van der Waals surface area contributed by atoms with Crippen LogP contribution in [-0.2, 0) is 16.0 Å². The van der Waals surface area contributed by atoms with Crippen LogP contribution in [0.5, 0.6) is 17.2 Å². The first kappa shape index (κ1) is 24.1. The molecule has 0 saturated heterocycles. The Morgan fingerprint density at radius 3 is 2.45 bits per heavy atom. The maximum Gasteiger partial charge on any atom is 0.316 e. The van der Waals surface area contributed by atoms with Gasteiger partial charge in [-0.05, 0) is 49.9 Å². The highest BCUT2D eigenvalue weighted by Gasteiger charge is 2.33. The number of nitrogens with zero attached hydrogens (tertiary/aromatic N) is 1. The van der Waals surface area contributed by atoms with Crippen LogP contribution in [0.3, 0.4) is 0 Å². The van der Waals surface area contributed by atoms with E-state index in [-0.39, 0.29) is 12.4 Å². The fraction of sp³-hybridized carbons (Fsp3) is 0.423. The van der Waals surface area contributed by atoms with Crippen LogP contribution in [0.25, 0.3) is 11.1 Å². The van der Waals surface area contributed by atoms with Gasteiger partial charge in [0.25, 0.3) is 0 Å². The maximum absolute atomic E-state index is 12.7. The number of esters is 1. The van der Waals surface area contributed by atoms with Gasteiger partial charge in [-0.2, -0.15) is 5.26 Å². The van der Waals surface area contributed by atoms with Gasteiger partial charge in [-0.1, -0.05) is 25.1 Å². The van der Waals surface area contributed by atoms with E-state index in [4.69, 9.17) is 24.2 Å². The van der Waals surface area contributed by atoms with Gasteiger partial charge in [0.15, 0.2) is 23.4 Å². The summed E-state index contributed by atoms with van der Waals surface area (Å²) >= 11 is 0. The third-order valence-corrected chi connectivity index (χ3v) is 5.73. The Labute approximate surface area is 194 Å². The number of Topliss-reactive ketones (excluding diaryl/α,β-unsaturated/α-hetero) is 1. The highest BCUT2D eigenvalue weighted by Crippen LogP contribution is 2.45. The van der Waals surface area contributed by atoms with Crippen LogP contribution in [-0.4, -0.2) is 38.7 Å². The number of nitriles is 1. The predicted molar refractivity (Wildman–Crippen MR) is 123 cm³/mol. The number of hydrogen-bond donors (Lipinski definition) is 0. The van der Waals surface area contributed by atoms with Gasteiger partial charge in [0, 0.05) is 17.5 Å². The van der Waals surface area contributed by atoms with Gasteiger partial charge in [0.2, 0.25) is 5.75 Å². The van der Waals surface area contributed by atoms with Crippen molar-refractivity contribution in [2.75, 3.05) is 20.8 Å². The summed E-state index contributed by atoms with van der Waals surface area (Å²) in [6, 6.07) is 11.3. The molecule has 0 bridgehead atoms. The molecule has 1 atom stereocenters. The van der Waals surface area contributed by atoms with Crippen LogP contribution >= 0.6 is 0 Å². The maximum atomic E-state index is 12.7. The van der Waals surface area contributed by atoms with Crippen LogP contribution in [0, 0.1) is 16.7 Å². The number of ketones is 1. The Kier molecular flexibility index (Phi) is 7.27. The molecule has 0 amide bonds. The average Bonchev–Trinajstić information content (AvgIpc) is 3.20. The first-order chi connectivity index (χ1) is 15.7. The Balaban J connectivity index is 1.96. The lowest BCUT2D eigenvalue weighted by molar-refractivity contribution is -0.158. The summed E-state index contributed by atoms with van der Waals surface area (Å²) in [5.74, 6) is 0.954. The van der Waals surface area contributed by atoms with Crippen molar-refractivity contribution in [1.29, 1.82) is 5.26 Å². The van der Waals surface area contributed by atoms with Crippen molar-refractivity contribution in [3.63, 3.8) is 0 Å². The molecule has 0 heterocycles. The Morgan fingerprint density at radius 1 is 1.09 bits per heavy atom. The fourth-order valence-corrected chi connectivity index (χ4v) is 3.69. The Bertz CT molecular complexity index is 1100. The molecule has 3 rings (SSSR count). The number of rotatable bonds is 9. The molecular weight excluding hydrogens is 422 g/mol. The minimum absolute atomic E-state index is 0.00630. The fourth-order valence-electron chi connectivity index (χ4n) is 3.69. The summed E-state index contributed by atoms with van der Waals surface area (Å²) in [5.41, 5.74) is 2.37. The molecule has 1 aliphatic rings. The minimum atomic E-state index is -1.01. The Morgan fingerprint density at radius 2 is 1.82 bits per heavy atom. The van der Waals surface area contributed by atoms with E-state index in [1.807, 2.05) is 30.3 Å². The first-order valence-electron chi connectivity index (χ1n) is 10.9. The van der Waals surface area contributed by atoms with Crippen molar-refractivity contribution in [2.24, 2.45) is 5.41 Å². The van der Waals surface area contributed by atoms with Gasteiger partial charge in [-0.15, -0.1) is 0 Å². The number of methoxy groups -OCH3 is 2. The third-order valence-electron chi connectivity index (χ3n) is 5.73. The minimum Gasteiger partial charge on any atom is -0.493 e. The largest absolute Gasteiger partial charge is 0.493 e. The van der Waals surface area contributed by atoms with E-state index in [9.17, 15) is 9.59 Å². The summed E-state index contributed by atoms with van der Waals surface area (Å²) < 4.78 is 22.5. The number of carbonyl (C=O) groups excluding carboxylic acids is 2. The number of carbonyl (C=O) groups is 2. The summed E-state index contributed by atoms with van der Waals surface area (Å²) in [5, 5.41) is 9.11. The van der Waals surface area contributed by atoms with Gasteiger partial charge >= 0.3 is 5.97 Å². The van der Waals surface area contributed by atoms with Gasteiger partial charge < -0.3 is 18.9 Å². The van der Waals surface area contributed by atoms with Crippen LogP contribution in [0.2, 0.25) is 0 Å². The molecule has 7 nitrogen and oxygen atoms in total. The van der Waals surface area contributed by atoms with E-state index < -0.39 is 17.5 Å². The summed E-state index contributed by atoms with van der Waals surface area (Å²) in [7, 11) is 3.06. The van der Waals surface area contributed by atoms with E-state index >= 15 is 0 Å². The van der Waals surface area contributed by atoms with Crippen molar-refractivity contribution in [3.05, 3.63) is 41.5 Å². The zero-order valence-corrected chi connectivity index (χ0v) is 19.7. The number of hydrogen-bond acceptors (Lipinski definition) is 7. The third kappa shape index (κ3) is 4.95. The molecule has 7 heteroatoms. The van der Waals surface area contributed by atoms with E-state index in [0.717, 1.165) is 22.3 Å². The quantitative estimate of drug-likeness (QED) is 0.508. The molecule has 33 heavy (non-hydrogen) atoms.